The van der Waals surface area contributed by atoms with Crippen LogP contribution in [0.5, 0.6) is 11.5 Å². The summed E-state index contributed by atoms with van der Waals surface area (Å²) in [6.07, 6.45) is 0. The Kier molecular flexibility index (Phi) is 6.42. The molecule has 0 aromatic heterocycles. The van der Waals surface area contributed by atoms with Crippen molar-refractivity contribution < 1.29 is 18.9 Å². The molecule has 0 saturated carbocycles. The highest BCUT2D eigenvalue weighted by molar-refractivity contribution is 6.11. The molecule has 0 unspecified atom stereocenters. The molecule has 0 heterocycles. The molecular formula is C24H30O4. The fourth-order valence-corrected chi connectivity index (χ4v) is 3.33. The summed E-state index contributed by atoms with van der Waals surface area (Å²) >= 11 is 0. The summed E-state index contributed by atoms with van der Waals surface area (Å²) in [5.41, 5.74) is 1.30. The normalized spacial score (nSPS) is 11.9. The molecule has 150 valence electrons. The second-order valence-corrected chi connectivity index (χ2v) is 7.90. The molecule has 4 heteroatoms. The predicted molar refractivity (Wildman–Crippen MR) is 115 cm³/mol. The van der Waals surface area contributed by atoms with Crippen molar-refractivity contribution in [1.82, 2.24) is 0 Å². The van der Waals surface area contributed by atoms with Gasteiger partial charge in [-0.1, -0.05) is 57.2 Å². The molecule has 0 radical (unpaired) electrons. The van der Waals surface area contributed by atoms with E-state index in [0.717, 1.165) is 33.0 Å². The molecule has 28 heavy (non-hydrogen) atoms. The SMILES string of the molecule is COCCOc1c2ccccc2c(OCCOC)c2cc(C(C)(C)C)ccc12. The summed E-state index contributed by atoms with van der Waals surface area (Å²) in [4.78, 5) is 0. The maximum absolute atomic E-state index is 6.22. The standard InChI is InChI=1S/C24H30O4/c1-24(2,3)17-10-11-20-21(16-17)23(28-15-13-26-5)19-9-7-6-8-18(19)22(20)27-14-12-25-4/h6-11,16H,12-15H2,1-5H3. The fourth-order valence-electron chi connectivity index (χ4n) is 3.33. The highest BCUT2D eigenvalue weighted by Crippen LogP contribution is 2.44. The van der Waals surface area contributed by atoms with Crippen LogP contribution < -0.4 is 9.47 Å². The van der Waals surface area contributed by atoms with Crippen LogP contribution in [0, 0.1) is 0 Å². The van der Waals surface area contributed by atoms with E-state index in [9.17, 15) is 0 Å². The van der Waals surface area contributed by atoms with Crippen molar-refractivity contribution in [2.75, 3.05) is 40.6 Å². The second-order valence-electron chi connectivity index (χ2n) is 7.90. The van der Waals surface area contributed by atoms with Gasteiger partial charge in [0.2, 0.25) is 0 Å². The molecule has 0 bridgehead atoms. The van der Waals surface area contributed by atoms with Crippen molar-refractivity contribution in [2.45, 2.75) is 26.2 Å². The minimum atomic E-state index is 0.0424. The Morgan fingerprint density at radius 2 is 1.14 bits per heavy atom. The van der Waals surface area contributed by atoms with E-state index in [4.69, 9.17) is 18.9 Å². The number of fused-ring (bicyclic) bond motifs is 2. The number of benzene rings is 3. The zero-order valence-electron chi connectivity index (χ0n) is 17.5. The number of ether oxygens (including phenoxy) is 4. The molecule has 0 spiro atoms. The van der Waals surface area contributed by atoms with Gasteiger partial charge in [0, 0.05) is 35.8 Å². The molecule has 0 aliphatic carbocycles. The van der Waals surface area contributed by atoms with Crippen LogP contribution in [0.1, 0.15) is 26.3 Å². The molecule has 3 aromatic carbocycles. The van der Waals surface area contributed by atoms with Gasteiger partial charge in [0.05, 0.1) is 13.2 Å². The van der Waals surface area contributed by atoms with Crippen molar-refractivity contribution in [1.29, 1.82) is 0 Å². The summed E-state index contributed by atoms with van der Waals surface area (Å²) < 4.78 is 22.8. The van der Waals surface area contributed by atoms with Gasteiger partial charge in [0.15, 0.2) is 0 Å². The topological polar surface area (TPSA) is 36.9 Å². The van der Waals surface area contributed by atoms with Crippen molar-refractivity contribution in [2.24, 2.45) is 0 Å². The van der Waals surface area contributed by atoms with Crippen LogP contribution in [0.4, 0.5) is 0 Å². The van der Waals surface area contributed by atoms with E-state index in [1.54, 1.807) is 14.2 Å². The highest BCUT2D eigenvalue weighted by atomic mass is 16.5. The Morgan fingerprint density at radius 1 is 0.643 bits per heavy atom. The Labute approximate surface area is 167 Å². The van der Waals surface area contributed by atoms with E-state index >= 15 is 0 Å². The Hall–Kier alpha value is -2.30. The van der Waals surface area contributed by atoms with Gasteiger partial charge in [0.1, 0.15) is 24.7 Å². The molecule has 0 amide bonds. The lowest BCUT2D eigenvalue weighted by Crippen LogP contribution is -2.11. The second kappa shape index (κ2) is 8.80. The number of hydrogen-bond donors (Lipinski definition) is 0. The van der Waals surface area contributed by atoms with Crippen LogP contribution in [0.2, 0.25) is 0 Å². The maximum Gasteiger partial charge on any atom is 0.135 e. The molecule has 0 fully saturated rings. The Bertz CT molecular complexity index is 941. The van der Waals surface area contributed by atoms with Crippen LogP contribution in [0.15, 0.2) is 42.5 Å². The molecular weight excluding hydrogens is 352 g/mol. The minimum Gasteiger partial charge on any atom is -0.490 e. The Balaban J connectivity index is 2.26. The lowest BCUT2D eigenvalue weighted by Gasteiger charge is -2.22. The molecule has 3 rings (SSSR count). The van der Waals surface area contributed by atoms with Gasteiger partial charge in [-0.3, -0.25) is 0 Å². The molecule has 0 atom stereocenters. The largest absolute Gasteiger partial charge is 0.490 e. The zero-order chi connectivity index (χ0) is 20.1. The smallest absolute Gasteiger partial charge is 0.135 e. The number of methoxy groups -OCH3 is 2. The van der Waals surface area contributed by atoms with Crippen molar-refractivity contribution >= 4 is 21.5 Å². The summed E-state index contributed by atoms with van der Waals surface area (Å²) in [6.45, 7) is 8.74. The predicted octanol–water partition coefficient (Wildman–Crippen LogP) is 5.34. The summed E-state index contributed by atoms with van der Waals surface area (Å²) in [7, 11) is 3.37. The number of rotatable bonds is 8. The zero-order valence-corrected chi connectivity index (χ0v) is 17.5. The molecule has 0 aliphatic rings. The van der Waals surface area contributed by atoms with E-state index in [-0.39, 0.29) is 5.41 Å². The quantitative estimate of drug-likeness (QED) is 0.389. The Morgan fingerprint density at radius 3 is 1.64 bits per heavy atom. The summed E-state index contributed by atoms with van der Waals surface area (Å²) in [6, 6.07) is 14.8. The van der Waals surface area contributed by atoms with Crippen molar-refractivity contribution in [3.63, 3.8) is 0 Å². The summed E-state index contributed by atoms with van der Waals surface area (Å²) in [5.74, 6) is 1.76. The van der Waals surface area contributed by atoms with Crippen LogP contribution in [0.25, 0.3) is 21.5 Å². The first-order chi connectivity index (χ1) is 13.5. The molecule has 4 nitrogen and oxygen atoms in total. The summed E-state index contributed by atoms with van der Waals surface area (Å²) in [5, 5.41) is 4.21. The van der Waals surface area contributed by atoms with Gasteiger partial charge < -0.3 is 18.9 Å². The number of hydrogen-bond acceptors (Lipinski definition) is 4. The van der Waals surface area contributed by atoms with Gasteiger partial charge >= 0.3 is 0 Å². The first-order valence-electron chi connectivity index (χ1n) is 9.69. The van der Waals surface area contributed by atoms with Gasteiger partial charge in [-0.25, -0.2) is 0 Å². The van der Waals surface area contributed by atoms with Crippen LogP contribution in [-0.2, 0) is 14.9 Å². The first kappa shape index (κ1) is 20.4. The van der Waals surface area contributed by atoms with E-state index in [2.05, 4.69) is 51.1 Å². The first-order valence-corrected chi connectivity index (χ1v) is 9.69. The van der Waals surface area contributed by atoms with E-state index in [0.29, 0.717) is 26.4 Å². The lowest BCUT2D eigenvalue weighted by atomic mass is 9.85. The molecule has 0 N–H and O–H groups in total. The maximum atomic E-state index is 6.22. The van der Waals surface area contributed by atoms with Crippen molar-refractivity contribution in [3.05, 3.63) is 48.0 Å². The molecule has 0 saturated heterocycles. The molecule has 0 aliphatic heterocycles. The highest BCUT2D eigenvalue weighted by Gasteiger charge is 2.20. The van der Waals surface area contributed by atoms with E-state index < -0.39 is 0 Å². The van der Waals surface area contributed by atoms with Crippen molar-refractivity contribution in [3.8, 4) is 11.5 Å². The van der Waals surface area contributed by atoms with E-state index in [1.807, 2.05) is 12.1 Å². The third-order valence-corrected chi connectivity index (χ3v) is 4.86. The average Bonchev–Trinajstić information content (AvgIpc) is 2.68. The van der Waals surface area contributed by atoms with Crippen LogP contribution in [0.3, 0.4) is 0 Å². The van der Waals surface area contributed by atoms with Gasteiger partial charge in [-0.15, -0.1) is 0 Å². The fraction of sp³-hybridized carbons (Fsp3) is 0.417. The lowest BCUT2D eigenvalue weighted by molar-refractivity contribution is 0.147. The van der Waals surface area contributed by atoms with Crippen LogP contribution >= 0.6 is 0 Å². The van der Waals surface area contributed by atoms with Gasteiger partial charge in [-0.05, 0) is 17.0 Å². The third kappa shape index (κ3) is 4.23. The minimum absolute atomic E-state index is 0.0424. The average molecular weight is 383 g/mol. The molecule has 3 aromatic rings. The van der Waals surface area contributed by atoms with Gasteiger partial charge in [-0.2, -0.15) is 0 Å². The van der Waals surface area contributed by atoms with Crippen LogP contribution in [-0.4, -0.2) is 40.6 Å². The van der Waals surface area contributed by atoms with Gasteiger partial charge in [0.25, 0.3) is 0 Å². The third-order valence-electron chi connectivity index (χ3n) is 4.86. The van der Waals surface area contributed by atoms with E-state index in [1.165, 1.54) is 5.56 Å². The monoisotopic (exact) mass is 382 g/mol.